The smallest absolute Gasteiger partial charge is 0.309 e. The summed E-state index contributed by atoms with van der Waals surface area (Å²) >= 11 is 0. The number of rotatable bonds is 21. The van der Waals surface area contributed by atoms with Gasteiger partial charge in [0.2, 0.25) is 0 Å². The van der Waals surface area contributed by atoms with Gasteiger partial charge in [0.05, 0.1) is 18.1 Å². The van der Waals surface area contributed by atoms with E-state index in [-0.39, 0.29) is 67.5 Å². The molecule has 2 saturated heterocycles. The highest BCUT2D eigenvalue weighted by atomic mass is 16.7. The first-order valence-corrected chi connectivity index (χ1v) is 23.5. The molecule has 3 N–H and O–H groups in total. The number of aliphatic hydroxyl groups excluding tert-OH is 1. The molecule has 2 bridgehead atoms. The Kier molecular flexibility index (Phi) is 16.8. The van der Waals surface area contributed by atoms with Gasteiger partial charge in [-0.25, -0.2) is 0 Å². The summed E-state index contributed by atoms with van der Waals surface area (Å²) in [5.41, 5.74) is -3.54. The molecule has 62 heavy (non-hydrogen) atoms. The third-order valence-electron chi connectivity index (χ3n) is 15.5. The molecular weight excluding hydrogens is 785 g/mol. The van der Waals surface area contributed by atoms with Crippen LogP contribution in [-0.2, 0) is 33.4 Å². The third kappa shape index (κ3) is 9.79. The summed E-state index contributed by atoms with van der Waals surface area (Å²) in [6.07, 6.45) is 28.2. The van der Waals surface area contributed by atoms with Crippen LogP contribution in [0.4, 0.5) is 0 Å². The molecule has 5 aliphatic rings. The number of ether oxygens (including phenoxy) is 3. The van der Waals surface area contributed by atoms with Crippen LogP contribution in [0.3, 0.4) is 0 Å². The van der Waals surface area contributed by atoms with Crippen molar-refractivity contribution in [1.29, 1.82) is 0 Å². The zero-order valence-corrected chi connectivity index (χ0v) is 38.7. The first-order chi connectivity index (χ1) is 29.4. The summed E-state index contributed by atoms with van der Waals surface area (Å²) in [7, 11) is 0. The molecule has 5 fully saturated rings. The average Bonchev–Trinajstić information content (AvgIpc) is 3.50. The molecule has 10 nitrogen and oxygen atoms in total. The van der Waals surface area contributed by atoms with Crippen molar-refractivity contribution in [3.8, 4) is 0 Å². The predicted molar refractivity (Wildman–Crippen MR) is 240 cm³/mol. The summed E-state index contributed by atoms with van der Waals surface area (Å²) in [5, 5.41) is 36.0. The van der Waals surface area contributed by atoms with Crippen molar-refractivity contribution < 1.29 is 48.7 Å². The highest BCUT2D eigenvalue weighted by Crippen LogP contribution is 2.75. The number of Topliss-reactive ketones (excluding diaryl/α,β-unsaturated/α-hetero) is 2. The van der Waals surface area contributed by atoms with E-state index >= 15 is 0 Å². The minimum atomic E-state index is -2.12. The number of carbonyl (C=O) groups is 4. The fourth-order valence-electron chi connectivity index (χ4n) is 12.4. The van der Waals surface area contributed by atoms with Crippen LogP contribution in [-0.4, -0.2) is 75.1 Å². The number of aliphatic hydroxyl groups is 3. The molecule has 3 saturated carbocycles. The monoisotopic (exact) mass is 861 g/mol. The van der Waals surface area contributed by atoms with Crippen LogP contribution >= 0.6 is 0 Å². The van der Waals surface area contributed by atoms with Gasteiger partial charge in [-0.05, 0) is 86.9 Å². The molecule has 1 spiro atoms. The van der Waals surface area contributed by atoms with Crippen molar-refractivity contribution in [1.82, 2.24) is 0 Å². The van der Waals surface area contributed by atoms with Crippen molar-refractivity contribution in [2.24, 2.45) is 58.2 Å². The van der Waals surface area contributed by atoms with E-state index in [1.54, 1.807) is 6.92 Å². The zero-order valence-electron chi connectivity index (χ0n) is 38.7. The molecule has 0 amide bonds. The maximum atomic E-state index is 14.1. The molecule has 0 radical (unpaired) electrons. The lowest BCUT2D eigenvalue weighted by Gasteiger charge is -2.69. The predicted octanol–water partition coefficient (Wildman–Crippen LogP) is 8.89. The standard InChI is InChI=1S/C52H76O10/c1-9-10-11-12-13-14-15-16-17-18-19-20-21-22-23-24-25-26-27-28-43(55)62-46-41(54)29-36(6)40-31-42-50-33-60-52(59,48(50)49(40,46)8)45(56)37(7)44(50)39(47(57)61-42)30-38(53)32-51(58,34(2)3)35(4)5/h10-11,13-14,16-17,19-20,22-23,25-26,34-37,39-40,42,44-46,48,56,58-59H,9,12,15,18,21,24,27-33H2,1-8H3/b11-10-,14-13-,17-16-,20-19-,23-22-,26-25-/t36?,37?,39?,40-,42+,44?,45+,46+,48?,49?,50-,52-/m0/s1. The molecule has 0 aromatic rings. The Balaban J connectivity index is 1.24. The van der Waals surface area contributed by atoms with Gasteiger partial charge in [-0.1, -0.05) is 128 Å². The van der Waals surface area contributed by atoms with E-state index in [1.807, 2.05) is 53.7 Å². The molecule has 0 aromatic carbocycles. The van der Waals surface area contributed by atoms with Crippen LogP contribution in [0.5, 0.6) is 0 Å². The fourth-order valence-corrected chi connectivity index (χ4v) is 12.4. The van der Waals surface area contributed by atoms with E-state index in [1.165, 1.54) is 0 Å². The number of fused-ring (bicyclic) bond motifs is 1. The van der Waals surface area contributed by atoms with E-state index in [4.69, 9.17) is 14.2 Å². The van der Waals surface area contributed by atoms with E-state index < -0.39 is 76.1 Å². The zero-order chi connectivity index (χ0) is 45.5. The van der Waals surface area contributed by atoms with Crippen LogP contribution < -0.4 is 0 Å². The number of hydrogen-bond donors (Lipinski definition) is 3. The number of carbonyl (C=O) groups excluding carboxylic acids is 4. The van der Waals surface area contributed by atoms with E-state index in [0.717, 1.165) is 38.5 Å². The second kappa shape index (κ2) is 21.0. The van der Waals surface area contributed by atoms with Crippen molar-refractivity contribution in [2.75, 3.05) is 6.61 Å². The van der Waals surface area contributed by atoms with Crippen LogP contribution in [0.1, 0.15) is 132 Å². The lowest BCUT2D eigenvalue weighted by Crippen LogP contribution is -2.78. The number of allylic oxidation sites excluding steroid dienone is 12. The minimum Gasteiger partial charge on any atom is -0.461 e. The van der Waals surface area contributed by atoms with Gasteiger partial charge in [0.25, 0.3) is 0 Å². The number of ketones is 2. The maximum absolute atomic E-state index is 14.1. The second-order valence-electron chi connectivity index (χ2n) is 19.8. The highest BCUT2D eigenvalue weighted by Gasteiger charge is 2.83. The molecule has 344 valence electrons. The van der Waals surface area contributed by atoms with Crippen molar-refractivity contribution in [2.45, 2.75) is 162 Å². The molecule has 2 aliphatic heterocycles. The van der Waals surface area contributed by atoms with Gasteiger partial charge in [-0.15, -0.1) is 0 Å². The number of esters is 2. The molecule has 5 rings (SSSR count). The van der Waals surface area contributed by atoms with Gasteiger partial charge in [0.15, 0.2) is 17.7 Å². The Hall–Kier alpha value is -3.44. The maximum Gasteiger partial charge on any atom is 0.309 e. The summed E-state index contributed by atoms with van der Waals surface area (Å²) in [4.78, 5) is 55.6. The lowest BCUT2D eigenvalue weighted by molar-refractivity contribution is -0.344. The largest absolute Gasteiger partial charge is 0.461 e. The first kappa shape index (κ1) is 49.6. The first-order valence-electron chi connectivity index (χ1n) is 23.5. The van der Waals surface area contributed by atoms with E-state index in [9.17, 15) is 34.5 Å². The van der Waals surface area contributed by atoms with Gasteiger partial charge >= 0.3 is 11.9 Å². The Morgan fingerprint density at radius 3 is 1.94 bits per heavy atom. The summed E-state index contributed by atoms with van der Waals surface area (Å²) in [6, 6.07) is 0. The van der Waals surface area contributed by atoms with Gasteiger partial charge in [-0.3, -0.25) is 19.2 Å². The van der Waals surface area contributed by atoms with E-state index in [0.29, 0.717) is 12.8 Å². The molecule has 6 unspecified atom stereocenters. The summed E-state index contributed by atoms with van der Waals surface area (Å²) in [5.74, 6) is -7.92. The SMILES string of the molecule is CC/C=C\C/C=C\C/C=C\C/C=C\C/C=C\C/C=C\CCC(=O)O[C@@H]1C(=O)CC(C)[C@@H]2C[C@H]3OC(=O)C(CC(=O)CC(O)(C(C)C)C(C)C)C4C(C)[C@@H](O)[C@]5(O)OC[C@@]43C5C12C. The van der Waals surface area contributed by atoms with Crippen LogP contribution in [0.2, 0.25) is 0 Å². The second-order valence-corrected chi connectivity index (χ2v) is 19.8. The van der Waals surface area contributed by atoms with Crippen LogP contribution in [0, 0.1) is 58.2 Å². The Morgan fingerprint density at radius 1 is 0.871 bits per heavy atom. The molecule has 3 aliphatic carbocycles. The van der Waals surface area contributed by atoms with Crippen LogP contribution in [0.25, 0.3) is 0 Å². The molecule has 12 atom stereocenters. The third-order valence-corrected chi connectivity index (χ3v) is 15.5. The molecular formula is C52H76O10. The van der Waals surface area contributed by atoms with Crippen molar-refractivity contribution >= 4 is 23.5 Å². The van der Waals surface area contributed by atoms with Crippen molar-refractivity contribution in [3.63, 3.8) is 0 Å². The lowest BCUT2D eigenvalue weighted by atomic mass is 9.36. The van der Waals surface area contributed by atoms with Crippen LogP contribution in [0.15, 0.2) is 72.9 Å². The Labute approximate surface area is 371 Å². The normalized spacial score (nSPS) is 36.0. The quantitative estimate of drug-likeness (QED) is 0.0753. The minimum absolute atomic E-state index is 0.0565. The molecule has 10 heteroatoms. The van der Waals surface area contributed by atoms with E-state index in [2.05, 4.69) is 67.7 Å². The Bertz CT molecular complexity index is 1760. The average molecular weight is 861 g/mol. The fraction of sp³-hybridized carbons (Fsp3) is 0.692. The number of hydrogen-bond acceptors (Lipinski definition) is 10. The van der Waals surface area contributed by atoms with Gasteiger partial charge in [-0.2, -0.15) is 0 Å². The topological polar surface area (TPSA) is 157 Å². The Morgan fingerprint density at radius 2 is 1.40 bits per heavy atom. The van der Waals surface area contributed by atoms with Gasteiger partial charge < -0.3 is 29.5 Å². The molecule has 2 heterocycles. The van der Waals surface area contributed by atoms with Crippen molar-refractivity contribution in [3.05, 3.63) is 72.9 Å². The van der Waals surface area contributed by atoms with Gasteiger partial charge in [0.1, 0.15) is 18.0 Å². The summed E-state index contributed by atoms with van der Waals surface area (Å²) in [6.45, 7) is 15.2. The van der Waals surface area contributed by atoms with Gasteiger partial charge in [0, 0.05) is 42.4 Å². The highest BCUT2D eigenvalue weighted by molar-refractivity contribution is 5.88. The summed E-state index contributed by atoms with van der Waals surface area (Å²) < 4.78 is 18.8. The molecule has 0 aromatic heterocycles.